The summed E-state index contributed by atoms with van der Waals surface area (Å²) in [6.07, 6.45) is 3.39. The van der Waals surface area contributed by atoms with Gasteiger partial charge in [-0.15, -0.1) is 0 Å². The summed E-state index contributed by atoms with van der Waals surface area (Å²) < 4.78 is 0. The molecule has 0 saturated heterocycles. The predicted molar refractivity (Wildman–Crippen MR) is 62.7 cm³/mol. The van der Waals surface area contributed by atoms with E-state index in [1.807, 2.05) is 13.0 Å². The van der Waals surface area contributed by atoms with Gasteiger partial charge in [-0.25, -0.2) is 15.8 Å². The van der Waals surface area contributed by atoms with E-state index in [-0.39, 0.29) is 0 Å². The van der Waals surface area contributed by atoms with Gasteiger partial charge in [0.25, 0.3) is 0 Å². The van der Waals surface area contributed by atoms with Crippen LogP contribution in [0.25, 0.3) is 5.57 Å². The van der Waals surface area contributed by atoms with Crippen molar-refractivity contribution in [3.8, 4) is 0 Å². The van der Waals surface area contributed by atoms with Crippen LogP contribution in [0.2, 0.25) is 0 Å². The smallest absolute Gasteiger partial charge is 0.153 e. The molecule has 5 heteroatoms. The number of anilines is 2. The molecule has 0 amide bonds. The summed E-state index contributed by atoms with van der Waals surface area (Å²) in [6, 6.07) is 0. The molecule has 0 saturated carbocycles. The first kappa shape index (κ1) is 11.5. The number of allylic oxidation sites excluding steroid dienone is 2. The Morgan fingerprint density at radius 2 is 2.13 bits per heavy atom. The molecule has 0 bridgehead atoms. The second-order valence-corrected chi connectivity index (χ2v) is 3.53. The summed E-state index contributed by atoms with van der Waals surface area (Å²) in [5.41, 5.74) is 10.2. The average molecular weight is 207 g/mol. The van der Waals surface area contributed by atoms with Crippen LogP contribution in [-0.4, -0.2) is 9.97 Å². The molecule has 5 N–H and O–H groups in total. The summed E-state index contributed by atoms with van der Waals surface area (Å²) in [5.74, 6) is 6.74. The molecule has 0 aromatic carbocycles. The minimum absolute atomic E-state index is 0.343. The van der Waals surface area contributed by atoms with Crippen LogP contribution in [0.15, 0.2) is 12.4 Å². The van der Waals surface area contributed by atoms with Gasteiger partial charge in [0.2, 0.25) is 0 Å². The van der Waals surface area contributed by atoms with E-state index < -0.39 is 0 Å². The van der Waals surface area contributed by atoms with E-state index >= 15 is 0 Å². The fourth-order valence-corrected chi connectivity index (χ4v) is 1.56. The van der Waals surface area contributed by atoms with Gasteiger partial charge in [-0.2, -0.15) is 0 Å². The lowest BCUT2D eigenvalue weighted by molar-refractivity contribution is 0.852. The number of hydrazine groups is 1. The lowest BCUT2D eigenvalue weighted by Crippen LogP contribution is -2.14. The molecule has 0 radical (unpaired) electrons. The Kier molecular flexibility index (Phi) is 3.62. The van der Waals surface area contributed by atoms with Gasteiger partial charge in [0.15, 0.2) is 5.82 Å². The summed E-state index contributed by atoms with van der Waals surface area (Å²) in [6.45, 7) is 6.13. The van der Waals surface area contributed by atoms with Crippen LogP contribution in [0.4, 0.5) is 11.6 Å². The van der Waals surface area contributed by atoms with Crippen molar-refractivity contribution in [1.29, 1.82) is 0 Å². The van der Waals surface area contributed by atoms with Crippen LogP contribution < -0.4 is 17.0 Å². The van der Waals surface area contributed by atoms with Crippen molar-refractivity contribution in [2.24, 2.45) is 11.8 Å². The highest BCUT2D eigenvalue weighted by Crippen LogP contribution is 2.30. The quantitative estimate of drug-likeness (QED) is 0.515. The van der Waals surface area contributed by atoms with Crippen LogP contribution in [-0.2, 0) is 0 Å². The van der Waals surface area contributed by atoms with Crippen LogP contribution in [0, 0.1) is 5.92 Å². The Morgan fingerprint density at radius 3 is 2.60 bits per heavy atom. The SMILES string of the molecule is C/C=C(\c1c(N)ncnc1NN)C(C)C. The monoisotopic (exact) mass is 207 g/mol. The topological polar surface area (TPSA) is 89.8 Å². The van der Waals surface area contributed by atoms with E-state index in [2.05, 4.69) is 29.2 Å². The molecule has 0 aliphatic carbocycles. The maximum atomic E-state index is 5.82. The van der Waals surface area contributed by atoms with Gasteiger partial charge >= 0.3 is 0 Å². The zero-order valence-corrected chi connectivity index (χ0v) is 9.28. The molecule has 82 valence electrons. The van der Waals surface area contributed by atoms with E-state index in [0.717, 1.165) is 11.1 Å². The maximum absolute atomic E-state index is 5.82. The third-order valence-electron chi connectivity index (χ3n) is 2.24. The normalized spacial score (nSPS) is 11.9. The Bertz CT molecular complexity index is 370. The molecular weight excluding hydrogens is 190 g/mol. The highest BCUT2D eigenvalue weighted by atomic mass is 15.3. The summed E-state index contributed by atoms with van der Waals surface area (Å²) in [7, 11) is 0. The zero-order chi connectivity index (χ0) is 11.4. The number of nitrogens with two attached hydrogens (primary N) is 2. The Labute approximate surface area is 89.6 Å². The summed E-state index contributed by atoms with van der Waals surface area (Å²) >= 11 is 0. The van der Waals surface area contributed by atoms with Gasteiger partial charge in [-0.05, 0) is 18.4 Å². The number of nitrogens with one attached hydrogen (secondary N) is 1. The molecule has 0 aliphatic heterocycles. The van der Waals surface area contributed by atoms with Gasteiger partial charge in [0, 0.05) is 0 Å². The molecule has 0 spiro atoms. The number of hydrogen-bond acceptors (Lipinski definition) is 5. The van der Waals surface area contributed by atoms with E-state index in [1.54, 1.807) is 0 Å². The van der Waals surface area contributed by atoms with Crippen molar-refractivity contribution in [2.75, 3.05) is 11.2 Å². The molecular formula is C10H17N5. The molecule has 0 fully saturated rings. The van der Waals surface area contributed by atoms with Gasteiger partial charge in [0.05, 0.1) is 5.56 Å². The van der Waals surface area contributed by atoms with Crippen molar-refractivity contribution in [2.45, 2.75) is 20.8 Å². The van der Waals surface area contributed by atoms with Crippen molar-refractivity contribution < 1.29 is 0 Å². The van der Waals surface area contributed by atoms with Crippen LogP contribution in [0.1, 0.15) is 26.3 Å². The third kappa shape index (κ3) is 2.24. The zero-order valence-electron chi connectivity index (χ0n) is 9.28. The third-order valence-corrected chi connectivity index (χ3v) is 2.24. The number of aromatic nitrogens is 2. The number of nitrogens with zero attached hydrogens (tertiary/aromatic N) is 2. The van der Waals surface area contributed by atoms with Crippen molar-refractivity contribution in [3.63, 3.8) is 0 Å². The van der Waals surface area contributed by atoms with Crippen molar-refractivity contribution in [3.05, 3.63) is 18.0 Å². The van der Waals surface area contributed by atoms with E-state index in [9.17, 15) is 0 Å². The lowest BCUT2D eigenvalue weighted by atomic mass is 9.96. The largest absolute Gasteiger partial charge is 0.383 e. The van der Waals surface area contributed by atoms with Crippen LogP contribution >= 0.6 is 0 Å². The molecule has 1 heterocycles. The van der Waals surface area contributed by atoms with Crippen LogP contribution in [0.5, 0.6) is 0 Å². The minimum atomic E-state index is 0.343. The number of nitrogen functional groups attached to an aromatic ring is 2. The highest BCUT2D eigenvalue weighted by Gasteiger charge is 2.15. The molecule has 1 rings (SSSR count). The minimum Gasteiger partial charge on any atom is -0.383 e. The number of hydrogen-bond donors (Lipinski definition) is 3. The molecule has 1 aromatic rings. The predicted octanol–water partition coefficient (Wildman–Crippen LogP) is 1.40. The number of rotatable bonds is 3. The second-order valence-electron chi connectivity index (χ2n) is 3.53. The van der Waals surface area contributed by atoms with Gasteiger partial charge in [-0.3, -0.25) is 0 Å². The Morgan fingerprint density at radius 1 is 1.47 bits per heavy atom. The maximum Gasteiger partial charge on any atom is 0.153 e. The van der Waals surface area contributed by atoms with E-state index in [1.165, 1.54) is 6.33 Å². The van der Waals surface area contributed by atoms with Gasteiger partial charge in [0.1, 0.15) is 12.1 Å². The fraction of sp³-hybridized carbons (Fsp3) is 0.400. The highest BCUT2D eigenvalue weighted by molar-refractivity contribution is 5.81. The first-order valence-electron chi connectivity index (χ1n) is 4.85. The second kappa shape index (κ2) is 4.75. The summed E-state index contributed by atoms with van der Waals surface area (Å²) in [4.78, 5) is 8.01. The first-order valence-corrected chi connectivity index (χ1v) is 4.85. The Balaban J connectivity index is 3.34. The van der Waals surface area contributed by atoms with Gasteiger partial charge in [-0.1, -0.05) is 19.9 Å². The molecule has 15 heavy (non-hydrogen) atoms. The van der Waals surface area contributed by atoms with Crippen LogP contribution in [0.3, 0.4) is 0 Å². The Hall–Kier alpha value is -1.62. The van der Waals surface area contributed by atoms with Crippen molar-refractivity contribution >= 4 is 17.2 Å². The van der Waals surface area contributed by atoms with E-state index in [0.29, 0.717) is 17.6 Å². The van der Waals surface area contributed by atoms with E-state index in [4.69, 9.17) is 11.6 Å². The van der Waals surface area contributed by atoms with Crippen molar-refractivity contribution in [1.82, 2.24) is 9.97 Å². The summed E-state index contributed by atoms with van der Waals surface area (Å²) in [5, 5.41) is 0. The first-order chi connectivity index (χ1) is 7.11. The molecule has 0 aliphatic rings. The molecule has 0 atom stereocenters. The van der Waals surface area contributed by atoms with Gasteiger partial charge < -0.3 is 11.2 Å². The molecule has 0 unspecified atom stereocenters. The lowest BCUT2D eigenvalue weighted by Gasteiger charge is -2.15. The molecule has 1 aromatic heterocycles. The average Bonchev–Trinajstić information content (AvgIpc) is 2.21. The molecule has 5 nitrogen and oxygen atoms in total. The standard InChI is InChI=1S/C10H17N5/c1-4-7(6(2)3)8-9(11)13-5-14-10(8)15-12/h4-6H,12H2,1-3H3,(H3,11,13,14,15)/b7-4-. The fourth-order valence-electron chi connectivity index (χ4n) is 1.56.